The van der Waals surface area contributed by atoms with Crippen molar-refractivity contribution in [3.8, 4) is 0 Å². The summed E-state index contributed by atoms with van der Waals surface area (Å²) in [5.41, 5.74) is 0.589. The van der Waals surface area contributed by atoms with Crippen molar-refractivity contribution in [3.63, 3.8) is 0 Å². The molecule has 3 rings (SSSR count). The SMILES string of the molecule is COC1(c2nc(Cc3ccccc3)no2)CCN(CC(O)COC(C)C)CC1. The summed E-state index contributed by atoms with van der Waals surface area (Å²) in [5, 5.41) is 14.3. The lowest BCUT2D eigenvalue weighted by atomic mass is 9.90. The molecule has 0 saturated carbocycles. The fourth-order valence-corrected chi connectivity index (χ4v) is 3.55. The molecule has 1 aromatic heterocycles. The Morgan fingerprint density at radius 3 is 2.57 bits per heavy atom. The monoisotopic (exact) mass is 389 g/mol. The number of ether oxygens (including phenoxy) is 2. The number of piperidine rings is 1. The summed E-state index contributed by atoms with van der Waals surface area (Å²) in [6.45, 7) is 6.48. The van der Waals surface area contributed by atoms with Crippen LogP contribution in [0, 0.1) is 0 Å². The predicted molar refractivity (Wildman–Crippen MR) is 105 cm³/mol. The highest BCUT2D eigenvalue weighted by atomic mass is 16.5. The van der Waals surface area contributed by atoms with Gasteiger partial charge in [0.25, 0.3) is 5.89 Å². The fourth-order valence-electron chi connectivity index (χ4n) is 3.55. The second-order valence-electron chi connectivity index (χ2n) is 7.71. The topological polar surface area (TPSA) is 80.9 Å². The van der Waals surface area contributed by atoms with Crippen molar-refractivity contribution < 1.29 is 19.1 Å². The molecule has 1 saturated heterocycles. The van der Waals surface area contributed by atoms with Crippen LogP contribution in [0.4, 0.5) is 0 Å². The van der Waals surface area contributed by atoms with Gasteiger partial charge in [-0.15, -0.1) is 0 Å². The van der Waals surface area contributed by atoms with E-state index in [2.05, 4.69) is 27.2 Å². The summed E-state index contributed by atoms with van der Waals surface area (Å²) in [6, 6.07) is 10.1. The Hall–Kier alpha value is -1.80. The number of aromatic nitrogens is 2. The summed E-state index contributed by atoms with van der Waals surface area (Å²) >= 11 is 0. The van der Waals surface area contributed by atoms with E-state index < -0.39 is 11.7 Å². The molecule has 0 amide bonds. The summed E-state index contributed by atoms with van der Waals surface area (Å²) in [6.07, 6.45) is 1.76. The van der Waals surface area contributed by atoms with Gasteiger partial charge in [0.2, 0.25) is 0 Å². The molecule has 0 aliphatic carbocycles. The lowest BCUT2D eigenvalue weighted by Crippen LogP contribution is -2.46. The molecule has 1 aliphatic rings. The molecule has 154 valence electrons. The van der Waals surface area contributed by atoms with Crippen molar-refractivity contribution >= 4 is 0 Å². The fraction of sp³-hybridized carbons (Fsp3) is 0.619. The number of β-amino-alcohol motifs (C(OH)–C–C–N with tert-alkyl or cyclic N) is 1. The molecule has 1 unspecified atom stereocenters. The molecule has 7 heteroatoms. The van der Waals surface area contributed by atoms with Crippen LogP contribution in [-0.4, -0.2) is 65.7 Å². The predicted octanol–water partition coefficient (Wildman–Crippen LogP) is 2.38. The minimum atomic E-state index is -0.558. The van der Waals surface area contributed by atoms with Gasteiger partial charge < -0.3 is 24.0 Å². The van der Waals surface area contributed by atoms with Gasteiger partial charge >= 0.3 is 0 Å². The Balaban J connectivity index is 1.56. The molecule has 1 aliphatic heterocycles. The van der Waals surface area contributed by atoms with Crippen LogP contribution in [0.2, 0.25) is 0 Å². The third kappa shape index (κ3) is 5.38. The summed E-state index contributed by atoms with van der Waals surface area (Å²) in [4.78, 5) is 6.85. The van der Waals surface area contributed by atoms with Gasteiger partial charge in [-0.3, -0.25) is 0 Å². The highest BCUT2D eigenvalue weighted by Crippen LogP contribution is 2.35. The maximum absolute atomic E-state index is 10.2. The Morgan fingerprint density at radius 1 is 1.21 bits per heavy atom. The van der Waals surface area contributed by atoms with Gasteiger partial charge in [-0.1, -0.05) is 35.5 Å². The van der Waals surface area contributed by atoms with Gasteiger partial charge in [0, 0.05) is 33.2 Å². The number of hydrogen-bond acceptors (Lipinski definition) is 7. The molecular weight excluding hydrogens is 358 g/mol. The van der Waals surface area contributed by atoms with Gasteiger partial charge in [0.1, 0.15) is 5.60 Å². The van der Waals surface area contributed by atoms with Gasteiger partial charge in [-0.2, -0.15) is 4.98 Å². The van der Waals surface area contributed by atoms with E-state index in [0.717, 1.165) is 31.5 Å². The molecule has 0 spiro atoms. The zero-order valence-corrected chi connectivity index (χ0v) is 17.0. The van der Waals surface area contributed by atoms with Crippen molar-refractivity contribution in [3.05, 3.63) is 47.6 Å². The number of methoxy groups -OCH3 is 1. The summed E-state index contributed by atoms with van der Waals surface area (Å²) in [5.74, 6) is 1.21. The molecule has 0 bridgehead atoms. The number of benzene rings is 1. The van der Waals surface area contributed by atoms with Gasteiger partial charge in [-0.25, -0.2) is 0 Å². The highest BCUT2D eigenvalue weighted by Gasteiger charge is 2.41. The minimum absolute atomic E-state index is 0.125. The first-order valence-corrected chi connectivity index (χ1v) is 9.95. The van der Waals surface area contributed by atoms with Crippen LogP contribution in [0.1, 0.15) is 44.0 Å². The first kappa shape index (κ1) is 20.9. The number of hydrogen-bond donors (Lipinski definition) is 1. The number of nitrogens with zero attached hydrogens (tertiary/aromatic N) is 3. The number of aliphatic hydroxyl groups is 1. The van der Waals surface area contributed by atoms with E-state index in [-0.39, 0.29) is 6.10 Å². The molecule has 7 nitrogen and oxygen atoms in total. The Bertz CT molecular complexity index is 711. The zero-order chi connectivity index (χ0) is 20.0. The second kappa shape index (κ2) is 9.60. The van der Waals surface area contributed by atoms with Crippen molar-refractivity contribution in [1.82, 2.24) is 15.0 Å². The molecule has 1 aromatic carbocycles. The van der Waals surface area contributed by atoms with Gasteiger partial charge in [-0.05, 0) is 32.3 Å². The van der Waals surface area contributed by atoms with E-state index in [1.807, 2.05) is 32.0 Å². The molecule has 1 fully saturated rings. The minimum Gasteiger partial charge on any atom is -0.389 e. The van der Waals surface area contributed by atoms with E-state index >= 15 is 0 Å². The van der Waals surface area contributed by atoms with Crippen LogP contribution < -0.4 is 0 Å². The largest absolute Gasteiger partial charge is 0.389 e. The average Bonchev–Trinajstić information content (AvgIpc) is 3.17. The molecule has 2 heterocycles. The quantitative estimate of drug-likeness (QED) is 0.705. The maximum Gasteiger partial charge on any atom is 0.258 e. The Labute approximate surface area is 166 Å². The molecule has 1 N–H and O–H groups in total. The molecule has 1 atom stereocenters. The summed E-state index contributed by atoms with van der Waals surface area (Å²) < 4.78 is 16.9. The van der Waals surface area contributed by atoms with E-state index in [1.165, 1.54) is 0 Å². The number of aliphatic hydroxyl groups excluding tert-OH is 1. The van der Waals surface area contributed by atoms with E-state index in [1.54, 1.807) is 7.11 Å². The normalized spacial score (nSPS) is 18.5. The van der Waals surface area contributed by atoms with Gasteiger partial charge in [0.05, 0.1) is 18.8 Å². The molecular formula is C21H31N3O4. The summed E-state index contributed by atoms with van der Waals surface area (Å²) in [7, 11) is 1.70. The van der Waals surface area contributed by atoms with Crippen molar-refractivity contribution in [2.75, 3.05) is 33.4 Å². The van der Waals surface area contributed by atoms with E-state index in [9.17, 15) is 5.11 Å². The average molecular weight is 389 g/mol. The van der Waals surface area contributed by atoms with Crippen LogP contribution in [0.25, 0.3) is 0 Å². The van der Waals surface area contributed by atoms with E-state index in [4.69, 9.17) is 14.0 Å². The third-order valence-electron chi connectivity index (χ3n) is 5.21. The first-order valence-electron chi connectivity index (χ1n) is 9.95. The standard InChI is InChI=1S/C21H31N3O4/c1-16(2)27-15-18(25)14-24-11-9-21(26-3,10-12-24)20-22-19(23-28-20)13-17-7-5-4-6-8-17/h4-8,16,18,25H,9-15H2,1-3H3. The Kier molecular flexibility index (Phi) is 7.18. The van der Waals surface area contributed by atoms with Crippen molar-refractivity contribution in [2.45, 2.75) is 50.9 Å². The first-order chi connectivity index (χ1) is 13.5. The smallest absolute Gasteiger partial charge is 0.258 e. The second-order valence-corrected chi connectivity index (χ2v) is 7.71. The van der Waals surface area contributed by atoms with Crippen molar-refractivity contribution in [1.29, 1.82) is 0 Å². The lowest BCUT2D eigenvalue weighted by molar-refractivity contribution is -0.0899. The lowest BCUT2D eigenvalue weighted by Gasteiger charge is -2.38. The maximum atomic E-state index is 10.2. The van der Waals surface area contributed by atoms with Crippen LogP contribution >= 0.6 is 0 Å². The highest BCUT2D eigenvalue weighted by molar-refractivity contribution is 5.18. The number of rotatable bonds is 9. The Morgan fingerprint density at radius 2 is 1.93 bits per heavy atom. The third-order valence-corrected chi connectivity index (χ3v) is 5.21. The number of likely N-dealkylation sites (tertiary alicyclic amines) is 1. The molecule has 2 aromatic rings. The van der Waals surface area contributed by atoms with Crippen LogP contribution in [0.5, 0.6) is 0 Å². The molecule has 28 heavy (non-hydrogen) atoms. The van der Waals surface area contributed by atoms with Crippen molar-refractivity contribution in [2.24, 2.45) is 0 Å². The molecule has 0 radical (unpaired) electrons. The van der Waals surface area contributed by atoms with Crippen LogP contribution in [0.15, 0.2) is 34.9 Å². The van der Waals surface area contributed by atoms with Crippen LogP contribution in [-0.2, 0) is 21.5 Å². The van der Waals surface area contributed by atoms with E-state index in [0.29, 0.717) is 31.3 Å². The zero-order valence-electron chi connectivity index (χ0n) is 17.0. The van der Waals surface area contributed by atoms with Gasteiger partial charge in [0.15, 0.2) is 5.82 Å². The van der Waals surface area contributed by atoms with Crippen LogP contribution in [0.3, 0.4) is 0 Å².